The summed E-state index contributed by atoms with van der Waals surface area (Å²) in [6, 6.07) is 9.57. The summed E-state index contributed by atoms with van der Waals surface area (Å²) >= 11 is 5.94. The van der Waals surface area contributed by atoms with E-state index in [0.29, 0.717) is 17.3 Å². The van der Waals surface area contributed by atoms with E-state index >= 15 is 0 Å². The maximum atomic E-state index is 12.2. The van der Waals surface area contributed by atoms with Gasteiger partial charge in [-0.3, -0.25) is 9.89 Å². The highest BCUT2D eigenvalue weighted by Gasteiger charge is 2.17. The molecule has 1 aromatic carbocycles. The molecule has 0 saturated heterocycles. The van der Waals surface area contributed by atoms with Gasteiger partial charge in [-0.15, -0.1) is 0 Å². The molecule has 1 atom stereocenters. The van der Waals surface area contributed by atoms with E-state index in [2.05, 4.69) is 27.3 Å². The number of aryl methyl sites for hydroxylation is 1. The lowest BCUT2D eigenvalue weighted by molar-refractivity contribution is 0.0937. The monoisotopic (exact) mass is 334 g/mol. The fourth-order valence-corrected chi connectivity index (χ4v) is 2.56. The lowest BCUT2D eigenvalue weighted by atomic mass is 10.1. The Balaban J connectivity index is 2.00. The van der Waals surface area contributed by atoms with Crippen molar-refractivity contribution in [2.75, 3.05) is 20.6 Å². The molecule has 0 saturated carbocycles. The Morgan fingerprint density at radius 3 is 2.65 bits per heavy atom. The predicted molar refractivity (Wildman–Crippen MR) is 92.8 cm³/mol. The summed E-state index contributed by atoms with van der Waals surface area (Å²) < 4.78 is 0. The van der Waals surface area contributed by atoms with E-state index in [4.69, 9.17) is 11.6 Å². The van der Waals surface area contributed by atoms with E-state index in [-0.39, 0.29) is 11.9 Å². The third kappa shape index (κ3) is 4.81. The van der Waals surface area contributed by atoms with Crippen LogP contribution in [0.25, 0.3) is 0 Å². The van der Waals surface area contributed by atoms with Crippen LogP contribution in [0.4, 0.5) is 0 Å². The maximum Gasteiger partial charge on any atom is 0.271 e. The van der Waals surface area contributed by atoms with E-state index in [9.17, 15) is 4.79 Å². The van der Waals surface area contributed by atoms with Gasteiger partial charge >= 0.3 is 0 Å². The molecule has 0 aliphatic heterocycles. The quantitative estimate of drug-likeness (QED) is 0.818. The Hall–Kier alpha value is -1.85. The summed E-state index contributed by atoms with van der Waals surface area (Å²) in [6.45, 7) is 2.60. The number of likely N-dealkylation sites (N-methyl/N-ethyl adjacent to an activating group) is 1. The Morgan fingerprint density at radius 2 is 2.04 bits per heavy atom. The van der Waals surface area contributed by atoms with Crippen molar-refractivity contribution in [1.82, 2.24) is 20.4 Å². The van der Waals surface area contributed by atoms with Gasteiger partial charge in [0.05, 0.1) is 6.04 Å². The van der Waals surface area contributed by atoms with E-state index in [1.54, 1.807) is 0 Å². The van der Waals surface area contributed by atoms with Crippen molar-refractivity contribution in [2.24, 2.45) is 0 Å². The summed E-state index contributed by atoms with van der Waals surface area (Å²) in [5, 5.41) is 10.6. The lowest BCUT2D eigenvalue weighted by Crippen LogP contribution is -2.34. The molecular formula is C17H23ClN4O. The highest BCUT2D eigenvalue weighted by atomic mass is 35.5. The zero-order valence-corrected chi connectivity index (χ0v) is 14.5. The fraction of sp³-hybridized carbons (Fsp3) is 0.412. The largest absolute Gasteiger partial charge is 0.349 e. The number of hydrogen-bond acceptors (Lipinski definition) is 3. The summed E-state index contributed by atoms with van der Waals surface area (Å²) in [4.78, 5) is 14.3. The van der Waals surface area contributed by atoms with Gasteiger partial charge in [0.2, 0.25) is 0 Å². The van der Waals surface area contributed by atoms with Gasteiger partial charge in [0, 0.05) is 17.3 Å². The van der Waals surface area contributed by atoms with Crippen molar-refractivity contribution >= 4 is 17.5 Å². The van der Waals surface area contributed by atoms with Gasteiger partial charge in [0.15, 0.2) is 0 Å². The Labute approximate surface area is 142 Å². The summed E-state index contributed by atoms with van der Waals surface area (Å²) in [6.07, 6.45) is 1.91. The first-order valence-corrected chi connectivity index (χ1v) is 8.13. The molecule has 1 amide bonds. The number of nitrogens with one attached hydrogen (secondary N) is 2. The number of H-pyrrole nitrogens is 1. The molecule has 0 bridgehead atoms. The minimum absolute atomic E-state index is 0.0743. The van der Waals surface area contributed by atoms with E-state index < -0.39 is 0 Å². The topological polar surface area (TPSA) is 61.0 Å². The normalized spacial score (nSPS) is 12.4. The molecule has 2 N–H and O–H groups in total. The average Bonchev–Trinajstić information content (AvgIpc) is 2.98. The van der Waals surface area contributed by atoms with Gasteiger partial charge in [-0.1, -0.05) is 37.1 Å². The third-order valence-corrected chi connectivity index (χ3v) is 3.97. The molecular weight excluding hydrogens is 312 g/mol. The van der Waals surface area contributed by atoms with Crippen molar-refractivity contribution in [1.29, 1.82) is 0 Å². The second kappa shape index (κ2) is 8.13. The van der Waals surface area contributed by atoms with Crippen molar-refractivity contribution in [3.63, 3.8) is 0 Å². The first kappa shape index (κ1) is 17.5. The molecule has 0 aliphatic carbocycles. The maximum absolute atomic E-state index is 12.2. The van der Waals surface area contributed by atoms with Crippen LogP contribution in [0, 0.1) is 0 Å². The number of rotatable bonds is 7. The second-order valence-corrected chi connectivity index (χ2v) is 6.21. The Morgan fingerprint density at radius 1 is 1.35 bits per heavy atom. The second-order valence-electron chi connectivity index (χ2n) is 5.77. The number of aromatic nitrogens is 2. The number of benzene rings is 1. The highest BCUT2D eigenvalue weighted by molar-refractivity contribution is 6.30. The number of carbonyl (C=O) groups excluding carboxylic acids is 1. The first-order chi connectivity index (χ1) is 11.0. The number of hydrogen-bond donors (Lipinski definition) is 2. The summed E-state index contributed by atoms with van der Waals surface area (Å²) in [7, 11) is 3.97. The zero-order chi connectivity index (χ0) is 16.8. The summed E-state index contributed by atoms with van der Waals surface area (Å²) in [5.74, 6) is -0.163. The van der Waals surface area contributed by atoms with Crippen molar-refractivity contribution in [2.45, 2.75) is 25.8 Å². The zero-order valence-electron chi connectivity index (χ0n) is 13.8. The molecule has 0 spiro atoms. The molecule has 5 nitrogen and oxygen atoms in total. The Kier molecular flexibility index (Phi) is 6.19. The van der Waals surface area contributed by atoms with Crippen LogP contribution in [-0.2, 0) is 6.42 Å². The molecule has 1 unspecified atom stereocenters. The van der Waals surface area contributed by atoms with Crippen LogP contribution in [0.1, 0.15) is 41.1 Å². The molecule has 2 aromatic rings. The van der Waals surface area contributed by atoms with E-state index in [0.717, 1.165) is 24.1 Å². The third-order valence-electron chi connectivity index (χ3n) is 3.72. The standard InChI is InChI=1S/C17H23ClN4O/c1-4-5-14-10-15(21-20-14)17(23)19-11-16(22(2)3)12-6-8-13(18)9-7-12/h6-10,16H,4-5,11H2,1-3H3,(H,19,23)(H,20,21). The number of aromatic amines is 1. The predicted octanol–water partition coefficient (Wildman–Crippen LogP) is 3.05. The molecule has 0 radical (unpaired) electrons. The van der Waals surface area contributed by atoms with Crippen LogP contribution < -0.4 is 5.32 Å². The van der Waals surface area contributed by atoms with Crippen LogP contribution in [0.15, 0.2) is 30.3 Å². The molecule has 1 aromatic heterocycles. The van der Waals surface area contributed by atoms with Crippen LogP contribution >= 0.6 is 11.6 Å². The van der Waals surface area contributed by atoms with Crippen LogP contribution in [0.3, 0.4) is 0 Å². The number of halogens is 1. The lowest BCUT2D eigenvalue weighted by Gasteiger charge is -2.25. The minimum atomic E-state index is -0.163. The molecule has 2 rings (SSSR count). The van der Waals surface area contributed by atoms with Gasteiger partial charge in [-0.25, -0.2) is 0 Å². The first-order valence-electron chi connectivity index (χ1n) is 7.75. The van der Waals surface area contributed by atoms with E-state index in [1.807, 2.05) is 44.4 Å². The average molecular weight is 335 g/mol. The SMILES string of the molecule is CCCc1cc(C(=O)NCC(c2ccc(Cl)cc2)N(C)C)n[nH]1. The molecule has 0 aliphatic rings. The van der Waals surface area contributed by atoms with Crippen molar-refractivity contribution < 1.29 is 4.79 Å². The van der Waals surface area contributed by atoms with Crippen LogP contribution in [0.2, 0.25) is 5.02 Å². The summed E-state index contributed by atoms with van der Waals surface area (Å²) in [5.41, 5.74) is 2.52. The molecule has 23 heavy (non-hydrogen) atoms. The van der Waals surface area contributed by atoms with E-state index in [1.165, 1.54) is 0 Å². The molecule has 0 fully saturated rings. The van der Waals surface area contributed by atoms with Gasteiger partial charge in [-0.2, -0.15) is 5.10 Å². The van der Waals surface area contributed by atoms with Gasteiger partial charge in [0.25, 0.3) is 5.91 Å². The fourth-order valence-electron chi connectivity index (χ4n) is 2.44. The smallest absolute Gasteiger partial charge is 0.271 e. The van der Waals surface area contributed by atoms with Gasteiger partial charge in [-0.05, 0) is 44.3 Å². The molecule has 1 heterocycles. The molecule has 6 heteroatoms. The Bertz CT molecular complexity index is 636. The van der Waals surface area contributed by atoms with Crippen LogP contribution in [0.5, 0.6) is 0 Å². The number of nitrogens with zero attached hydrogens (tertiary/aromatic N) is 2. The molecule has 124 valence electrons. The van der Waals surface area contributed by atoms with Gasteiger partial charge < -0.3 is 10.2 Å². The van der Waals surface area contributed by atoms with Gasteiger partial charge in [0.1, 0.15) is 5.69 Å². The van der Waals surface area contributed by atoms with Crippen molar-refractivity contribution in [3.05, 3.63) is 52.3 Å². The number of amides is 1. The highest BCUT2D eigenvalue weighted by Crippen LogP contribution is 2.20. The van der Waals surface area contributed by atoms with Crippen molar-refractivity contribution in [3.8, 4) is 0 Å². The number of carbonyl (C=O) groups is 1. The van der Waals surface area contributed by atoms with Crippen LogP contribution in [-0.4, -0.2) is 41.6 Å². The minimum Gasteiger partial charge on any atom is -0.349 e.